The Balaban J connectivity index is 3.09. The Morgan fingerprint density at radius 3 is 2.32 bits per heavy atom. The molecule has 0 aliphatic heterocycles. The Kier molecular flexibility index (Phi) is 4.46. The van der Waals surface area contributed by atoms with Crippen LogP contribution in [0.3, 0.4) is 0 Å². The predicted molar refractivity (Wildman–Crippen MR) is 62.2 cm³/mol. The summed E-state index contributed by atoms with van der Waals surface area (Å²) in [5.41, 5.74) is -4.47. The fraction of sp³-hybridized carbons (Fsp3) is 0.455. The summed E-state index contributed by atoms with van der Waals surface area (Å²) < 4.78 is 67.7. The van der Waals surface area contributed by atoms with Crippen molar-refractivity contribution in [3.8, 4) is 5.75 Å². The van der Waals surface area contributed by atoms with E-state index in [0.717, 1.165) is 5.56 Å². The first-order valence-electron chi connectivity index (χ1n) is 5.22. The normalized spacial score (nSPS) is 14.2. The molecule has 0 N–H and O–H groups in total. The number of methoxy groups -OCH3 is 1. The van der Waals surface area contributed by atoms with Gasteiger partial charge in [-0.15, -0.1) is 0 Å². The van der Waals surface area contributed by atoms with E-state index in [9.17, 15) is 21.6 Å². The topological polar surface area (TPSA) is 52.6 Å². The van der Waals surface area contributed by atoms with Crippen LogP contribution < -0.4 is 4.74 Å². The largest absolute Gasteiger partial charge is 0.523 e. The van der Waals surface area contributed by atoms with Gasteiger partial charge in [0.1, 0.15) is 11.9 Å². The Labute approximate surface area is 109 Å². The molecule has 0 saturated heterocycles. The minimum absolute atomic E-state index is 0.232. The van der Waals surface area contributed by atoms with Crippen LogP contribution in [0.2, 0.25) is 0 Å². The molecular weight excluding hydrogens is 285 g/mol. The summed E-state index contributed by atoms with van der Waals surface area (Å²) in [6, 6.07) is 4.73. The second-order valence-corrected chi connectivity index (χ2v) is 5.45. The van der Waals surface area contributed by atoms with Crippen LogP contribution in [0.1, 0.15) is 24.2 Å². The molecule has 0 radical (unpaired) electrons. The van der Waals surface area contributed by atoms with Gasteiger partial charge in [-0.3, -0.25) is 4.18 Å². The molecule has 0 aliphatic carbocycles. The molecule has 1 aromatic rings. The first-order valence-corrected chi connectivity index (χ1v) is 6.63. The minimum Gasteiger partial charge on any atom is -0.496 e. The Hall–Kier alpha value is -1.28. The van der Waals surface area contributed by atoms with Crippen LogP contribution in [0.5, 0.6) is 5.75 Å². The average Bonchev–Trinajstić information content (AvgIpc) is 2.26. The number of ether oxygens (including phenoxy) is 1. The zero-order valence-corrected chi connectivity index (χ0v) is 11.3. The summed E-state index contributed by atoms with van der Waals surface area (Å²) in [5.74, 6) is 0.260. The summed E-state index contributed by atoms with van der Waals surface area (Å²) in [7, 11) is -4.31. The van der Waals surface area contributed by atoms with E-state index >= 15 is 0 Å². The van der Waals surface area contributed by atoms with E-state index in [1.54, 1.807) is 13.0 Å². The van der Waals surface area contributed by atoms with Gasteiger partial charge in [-0.1, -0.05) is 11.6 Å². The lowest BCUT2D eigenvalue weighted by molar-refractivity contribution is -0.0569. The number of benzene rings is 1. The van der Waals surface area contributed by atoms with Crippen molar-refractivity contribution < 1.29 is 30.5 Å². The van der Waals surface area contributed by atoms with Crippen LogP contribution in [0.4, 0.5) is 13.2 Å². The van der Waals surface area contributed by atoms with Crippen molar-refractivity contribution in [3.05, 3.63) is 29.3 Å². The van der Waals surface area contributed by atoms with Crippen molar-refractivity contribution in [1.82, 2.24) is 0 Å². The standard InChI is InChI=1S/C11H13F3O4S/c1-7-4-5-10(17-3)9(6-7)8(2)18-19(15,16)11(12,13)14/h4-6,8H,1-3H3. The highest BCUT2D eigenvalue weighted by molar-refractivity contribution is 7.87. The zero-order valence-electron chi connectivity index (χ0n) is 10.5. The van der Waals surface area contributed by atoms with Crippen molar-refractivity contribution in [2.75, 3.05) is 7.11 Å². The summed E-state index contributed by atoms with van der Waals surface area (Å²) in [4.78, 5) is 0. The van der Waals surface area contributed by atoms with Crippen molar-refractivity contribution in [1.29, 1.82) is 0 Å². The zero-order chi connectivity index (χ0) is 14.8. The van der Waals surface area contributed by atoms with E-state index in [1.165, 1.54) is 26.2 Å². The molecule has 0 fully saturated rings. The van der Waals surface area contributed by atoms with E-state index in [2.05, 4.69) is 4.18 Å². The summed E-state index contributed by atoms with van der Waals surface area (Å²) >= 11 is 0. The van der Waals surface area contributed by atoms with Gasteiger partial charge >= 0.3 is 15.6 Å². The molecule has 0 heterocycles. The molecule has 0 amide bonds. The highest BCUT2D eigenvalue weighted by Crippen LogP contribution is 2.33. The van der Waals surface area contributed by atoms with Gasteiger partial charge in [-0.2, -0.15) is 21.6 Å². The molecule has 1 unspecified atom stereocenters. The van der Waals surface area contributed by atoms with Crippen molar-refractivity contribution in [3.63, 3.8) is 0 Å². The second kappa shape index (κ2) is 5.38. The van der Waals surface area contributed by atoms with Crippen LogP contribution >= 0.6 is 0 Å². The van der Waals surface area contributed by atoms with Gasteiger partial charge in [0, 0.05) is 5.56 Å². The summed E-state index contributed by atoms with van der Waals surface area (Å²) in [5, 5.41) is 0. The van der Waals surface area contributed by atoms with Gasteiger partial charge in [-0.25, -0.2) is 0 Å². The van der Waals surface area contributed by atoms with E-state index in [0.29, 0.717) is 0 Å². The molecule has 0 aliphatic rings. The lowest BCUT2D eigenvalue weighted by atomic mass is 10.1. The van der Waals surface area contributed by atoms with Crippen LogP contribution in [0.15, 0.2) is 18.2 Å². The fourth-order valence-electron chi connectivity index (χ4n) is 1.47. The number of aryl methyl sites for hydroxylation is 1. The van der Waals surface area contributed by atoms with Gasteiger partial charge < -0.3 is 4.74 Å². The first-order chi connectivity index (χ1) is 8.58. The number of halogens is 3. The monoisotopic (exact) mass is 298 g/mol. The number of hydrogen-bond acceptors (Lipinski definition) is 4. The van der Waals surface area contributed by atoms with Gasteiger partial charge in [0.05, 0.1) is 7.11 Å². The van der Waals surface area contributed by atoms with Crippen LogP contribution in [-0.4, -0.2) is 21.0 Å². The molecule has 0 spiro atoms. The lowest BCUT2D eigenvalue weighted by Crippen LogP contribution is -2.26. The molecule has 108 valence electrons. The maximum absolute atomic E-state index is 12.2. The number of rotatable bonds is 4. The number of alkyl halides is 3. The molecule has 1 atom stereocenters. The Morgan fingerprint density at radius 1 is 1.26 bits per heavy atom. The first kappa shape index (κ1) is 15.8. The Bertz CT molecular complexity index is 552. The lowest BCUT2D eigenvalue weighted by Gasteiger charge is -2.17. The van der Waals surface area contributed by atoms with Crippen molar-refractivity contribution in [2.24, 2.45) is 0 Å². The number of hydrogen-bond donors (Lipinski definition) is 0. The molecule has 8 heteroatoms. The second-order valence-electron chi connectivity index (χ2n) is 3.88. The van der Waals surface area contributed by atoms with E-state index in [4.69, 9.17) is 4.74 Å². The molecule has 1 aromatic carbocycles. The highest BCUT2D eigenvalue weighted by atomic mass is 32.2. The van der Waals surface area contributed by atoms with Gasteiger partial charge in [0.15, 0.2) is 0 Å². The average molecular weight is 298 g/mol. The smallest absolute Gasteiger partial charge is 0.496 e. The molecule has 0 saturated carbocycles. The van der Waals surface area contributed by atoms with Crippen molar-refractivity contribution in [2.45, 2.75) is 25.5 Å². The summed E-state index contributed by atoms with van der Waals surface area (Å²) in [6.45, 7) is 2.93. The fourth-order valence-corrected chi connectivity index (χ4v) is 2.06. The maximum Gasteiger partial charge on any atom is 0.523 e. The van der Waals surface area contributed by atoms with E-state index in [1.807, 2.05) is 0 Å². The molecular formula is C11H13F3O4S. The highest BCUT2D eigenvalue weighted by Gasteiger charge is 2.48. The minimum atomic E-state index is -5.64. The third-order valence-corrected chi connectivity index (χ3v) is 3.49. The SMILES string of the molecule is COc1ccc(C)cc1C(C)OS(=O)(=O)C(F)(F)F. The van der Waals surface area contributed by atoms with E-state index < -0.39 is 21.7 Å². The third-order valence-electron chi connectivity index (χ3n) is 2.38. The Morgan fingerprint density at radius 2 is 1.84 bits per heavy atom. The molecule has 0 bridgehead atoms. The van der Waals surface area contributed by atoms with E-state index in [-0.39, 0.29) is 11.3 Å². The van der Waals surface area contributed by atoms with Crippen LogP contribution in [0, 0.1) is 6.92 Å². The quantitative estimate of drug-likeness (QED) is 0.633. The van der Waals surface area contributed by atoms with Crippen LogP contribution in [-0.2, 0) is 14.3 Å². The molecule has 19 heavy (non-hydrogen) atoms. The van der Waals surface area contributed by atoms with Gasteiger partial charge in [0.2, 0.25) is 0 Å². The van der Waals surface area contributed by atoms with Gasteiger partial charge in [0.25, 0.3) is 0 Å². The van der Waals surface area contributed by atoms with Crippen molar-refractivity contribution >= 4 is 10.1 Å². The molecule has 1 rings (SSSR count). The molecule has 4 nitrogen and oxygen atoms in total. The molecule has 0 aromatic heterocycles. The third kappa shape index (κ3) is 3.60. The van der Waals surface area contributed by atoms with Crippen LogP contribution in [0.25, 0.3) is 0 Å². The predicted octanol–water partition coefficient (Wildman–Crippen LogP) is 2.93. The van der Waals surface area contributed by atoms with Gasteiger partial charge in [-0.05, 0) is 26.0 Å². The maximum atomic E-state index is 12.2. The summed E-state index contributed by atoms with van der Waals surface area (Å²) in [6.07, 6.45) is -1.30.